The summed E-state index contributed by atoms with van der Waals surface area (Å²) >= 11 is 0. The number of likely N-dealkylation sites (tertiary alicyclic amines) is 1. The number of nitrogens with zero attached hydrogens (tertiary/aromatic N) is 2. The van der Waals surface area contributed by atoms with Crippen LogP contribution in [-0.4, -0.2) is 72.6 Å². The van der Waals surface area contributed by atoms with E-state index in [0.717, 1.165) is 5.57 Å². The summed E-state index contributed by atoms with van der Waals surface area (Å²) in [7, 11) is 1.61. The Morgan fingerprint density at radius 2 is 1.92 bits per heavy atom. The number of aliphatic hydroxyl groups is 1. The van der Waals surface area contributed by atoms with Crippen molar-refractivity contribution in [2.75, 3.05) is 33.4 Å². The summed E-state index contributed by atoms with van der Waals surface area (Å²) in [5.74, 6) is 0. The maximum Gasteiger partial charge on any atom is 0.410 e. The first-order chi connectivity index (χ1) is 11.4. The summed E-state index contributed by atoms with van der Waals surface area (Å²) in [6.07, 6.45) is 2.36. The van der Waals surface area contributed by atoms with E-state index >= 15 is 0 Å². The Kier molecular flexibility index (Phi) is 8.05. The van der Waals surface area contributed by atoms with Crippen molar-refractivity contribution < 1.29 is 24.2 Å². The molecule has 7 nitrogen and oxygen atoms in total. The number of amides is 2. The van der Waals surface area contributed by atoms with Gasteiger partial charge < -0.3 is 24.4 Å². The van der Waals surface area contributed by atoms with E-state index in [0.29, 0.717) is 19.4 Å². The summed E-state index contributed by atoms with van der Waals surface area (Å²) in [6, 6.07) is -0.206. The third kappa shape index (κ3) is 6.08. The van der Waals surface area contributed by atoms with Gasteiger partial charge in [-0.2, -0.15) is 0 Å². The van der Waals surface area contributed by atoms with Crippen LogP contribution in [0, 0.1) is 0 Å². The molecule has 1 aliphatic rings. The number of aliphatic hydroxyl groups excluding tert-OH is 1. The number of hydrogen-bond donors (Lipinski definition) is 1. The normalized spacial score (nSPS) is 19.5. The summed E-state index contributed by atoms with van der Waals surface area (Å²) in [4.78, 5) is 26.6. The van der Waals surface area contributed by atoms with E-state index < -0.39 is 18.3 Å². The van der Waals surface area contributed by atoms with Crippen LogP contribution in [0.4, 0.5) is 9.59 Å². The molecular formula is C17H26N2O5. The zero-order chi connectivity index (χ0) is 18.1. The highest BCUT2D eigenvalue weighted by molar-refractivity contribution is 5.69. The standard InChI is InChI=1S/C17H26N2O5/c1-5-7-23-16(21)18(4)11-13(3)9-14-10-15(20)12-19(14)17(22)24-8-6-2/h5-6,14-15,20H,1-3,7-12H2,4H3/t14-,15+/m0/s1. The molecule has 1 aliphatic heterocycles. The van der Waals surface area contributed by atoms with Gasteiger partial charge in [-0.15, -0.1) is 0 Å². The van der Waals surface area contributed by atoms with E-state index in [1.54, 1.807) is 7.05 Å². The van der Waals surface area contributed by atoms with Crippen LogP contribution < -0.4 is 0 Å². The number of hydrogen-bond acceptors (Lipinski definition) is 5. The van der Waals surface area contributed by atoms with E-state index in [4.69, 9.17) is 9.47 Å². The quantitative estimate of drug-likeness (QED) is 0.684. The molecular weight excluding hydrogens is 312 g/mol. The van der Waals surface area contributed by atoms with Crippen LogP contribution in [0.1, 0.15) is 12.8 Å². The second-order valence-electron chi connectivity index (χ2n) is 5.74. The number of rotatable bonds is 8. The third-order valence-corrected chi connectivity index (χ3v) is 3.57. The number of β-amino-alcohol motifs (C(OH)–C–C–N with tert-alkyl or cyclic N) is 1. The Balaban J connectivity index is 2.54. The monoisotopic (exact) mass is 338 g/mol. The molecule has 7 heteroatoms. The van der Waals surface area contributed by atoms with Crippen molar-refractivity contribution in [3.05, 3.63) is 37.5 Å². The first-order valence-electron chi connectivity index (χ1n) is 7.76. The van der Waals surface area contributed by atoms with Crippen LogP contribution >= 0.6 is 0 Å². The second kappa shape index (κ2) is 9.77. The molecule has 0 aromatic heterocycles. The first kappa shape index (κ1) is 19.8. The SMILES string of the molecule is C=CCOC(=O)N(C)CC(=C)C[C@H]1C[C@@H](O)CN1C(=O)OCC=C. The summed E-state index contributed by atoms with van der Waals surface area (Å²) < 4.78 is 9.97. The summed E-state index contributed by atoms with van der Waals surface area (Å²) in [6.45, 7) is 11.7. The van der Waals surface area contributed by atoms with Gasteiger partial charge in [0.15, 0.2) is 0 Å². The van der Waals surface area contributed by atoms with Crippen LogP contribution in [0.15, 0.2) is 37.5 Å². The molecule has 1 heterocycles. The molecule has 0 aromatic carbocycles. The zero-order valence-corrected chi connectivity index (χ0v) is 14.1. The minimum Gasteiger partial charge on any atom is -0.445 e. The molecule has 0 radical (unpaired) electrons. The van der Waals surface area contributed by atoms with Crippen LogP contribution in [-0.2, 0) is 9.47 Å². The lowest BCUT2D eigenvalue weighted by Gasteiger charge is -2.25. The molecule has 0 spiro atoms. The maximum absolute atomic E-state index is 12.0. The molecule has 134 valence electrons. The van der Waals surface area contributed by atoms with Gasteiger partial charge in [-0.25, -0.2) is 9.59 Å². The van der Waals surface area contributed by atoms with Gasteiger partial charge in [0.2, 0.25) is 0 Å². The maximum atomic E-state index is 12.0. The fraction of sp³-hybridized carbons (Fsp3) is 0.529. The molecule has 0 saturated carbocycles. The van der Waals surface area contributed by atoms with Crippen molar-refractivity contribution in [3.63, 3.8) is 0 Å². The summed E-state index contributed by atoms with van der Waals surface area (Å²) in [5.41, 5.74) is 0.758. The molecule has 0 aliphatic carbocycles. The van der Waals surface area contributed by atoms with Crippen molar-refractivity contribution >= 4 is 12.2 Å². The predicted molar refractivity (Wildman–Crippen MR) is 90.6 cm³/mol. The Morgan fingerprint density at radius 3 is 2.54 bits per heavy atom. The minimum absolute atomic E-state index is 0.122. The largest absolute Gasteiger partial charge is 0.445 e. The van der Waals surface area contributed by atoms with Crippen molar-refractivity contribution in [1.82, 2.24) is 9.80 Å². The lowest BCUT2D eigenvalue weighted by molar-refractivity contribution is 0.102. The second-order valence-corrected chi connectivity index (χ2v) is 5.74. The third-order valence-electron chi connectivity index (χ3n) is 3.57. The minimum atomic E-state index is -0.589. The van der Waals surface area contributed by atoms with Crippen LogP contribution in [0.25, 0.3) is 0 Å². The molecule has 1 saturated heterocycles. The molecule has 0 bridgehead atoms. The average molecular weight is 338 g/mol. The Labute approximate surface area is 142 Å². The fourth-order valence-corrected chi connectivity index (χ4v) is 2.56. The molecule has 1 rings (SSSR count). The average Bonchev–Trinajstić information content (AvgIpc) is 2.90. The van der Waals surface area contributed by atoms with Crippen LogP contribution in [0.3, 0.4) is 0 Å². The predicted octanol–water partition coefficient (Wildman–Crippen LogP) is 1.94. The molecule has 24 heavy (non-hydrogen) atoms. The van der Waals surface area contributed by atoms with Gasteiger partial charge in [0.25, 0.3) is 0 Å². The molecule has 0 aromatic rings. The summed E-state index contributed by atoms with van der Waals surface area (Å²) in [5, 5.41) is 9.83. The van der Waals surface area contributed by atoms with Gasteiger partial charge in [0, 0.05) is 19.6 Å². The number of carbonyl (C=O) groups is 2. The molecule has 0 unspecified atom stereocenters. The molecule has 2 amide bonds. The smallest absolute Gasteiger partial charge is 0.410 e. The van der Waals surface area contributed by atoms with Gasteiger partial charge in [0.05, 0.1) is 12.6 Å². The van der Waals surface area contributed by atoms with Gasteiger partial charge in [-0.3, -0.25) is 0 Å². The zero-order valence-electron chi connectivity index (χ0n) is 14.1. The molecule has 1 fully saturated rings. The van der Waals surface area contributed by atoms with E-state index in [1.165, 1.54) is 22.0 Å². The Hall–Kier alpha value is -2.28. The van der Waals surface area contributed by atoms with Crippen molar-refractivity contribution in [3.8, 4) is 0 Å². The first-order valence-corrected chi connectivity index (χ1v) is 7.76. The van der Waals surface area contributed by atoms with Crippen molar-refractivity contribution in [1.29, 1.82) is 0 Å². The lowest BCUT2D eigenvalue weighted by atomic mass is 10.0. The fourth-order valence-electron chi connectivity index (χ4n) is 2.56. The molecule has 1 N–H and O–H groups in total. The van der Waals surface area contributed by atoms with Gasteiger partial charge >= 0.3 is 12.2 Å². The lowest BCUT2D eigenvalue weighted by Crippen LogP contribution is -2.37. The van der Waals surface area contributed by atoms with E-state index in [9.17, 15) is 14.7 Å². The highest BCUT2D eigenvalue weighted by atomic mass is 16.6. The molecule has 2 atom stereocenters. The highest BCUT2D eigenvalue weighted by Crippen LogP contribution is 2.24. The van der Waals surface area contributed by atoms with Gasteiger partial charge in [-0.1, -0.05) is 37.5 Å². The van der Waals surface area contributed by atoms with Gasteiger partial charge in [0.1, 0.15) is 13.2 Å². The van der Waals surface area contributed by atoms with Crippen LogP contribution in [0.5, 0.6) is 0 Å². The number of ether oxygens (including phenoxy) is 2. The van der Waals surface area contributed by atoms with E-state index in [1.807, 2.05) is 0 Å². The Morgan fingerprint density at radius 1 is 1.29 bits per heavy atom. The Bertz CT molecular complexity index is 491. The number of carbonyl (C=O) groups excluding carboxylic acids is 2. The van der Waals surface area contributed by atoms with E-state index in [2.05, 4.69) is 19.7 Å². The highest BCUT2D eigenvalue weighted by Gasteiger charge is 2.35. The topological polar surface area (TPSA) is 79.3 Å². The van der Waals surface area contributed by atoms with Gasteiger partial charge in [-0.05, 0) is 12.8 Å². The van der Waals surface area contributed by atoms with Crippen molar-refractivity contribution in [2.24, 2.45) is 0 Å². The van der Waals surface area contributed by atoms with Crippen molar-refractivity contribution in [2.45, 2.75) is 25.0 Å². The van der Waals surface area contributed by atoms with Crippen LogP contribution in [0.2, 0.25) is 0 Å². The number of likely N-dealkylation sites (N-methyl/N-ethyl adjacent to an activating group) is 1. The van der Waals surface area contributed by atoms with E-state index in [-0.39, 0.29) is 25.8 Å².